The maximum Gasteiger partial charge on any atom is 0.243 e. The highest BCUT2D eigenvalue weighted by molar-refractivity contribution is 5.89. The molecule has 1 aliphatic heterocycles. The monoisotopic (exact) mass is 491 g/mol. The van der Waals surface area contributed by atoms with Crippen molar-refractivity contribution in [2.24, 2.45) is 0 Å². The van der Waals surface area contributed by atoms with Crippen LogP contribution in [-0.2, 0) is 16.0 Å². The van der Waals surface area contributed by atoms with Crippen molar-refractivity contribution in [1.82, 2.24) is 15.4 Å². The van der Waals surface area contributed by atoms with Gasteiger partial charge in [-0.15, -0.1) is 0 Å². The Kier molecular flexibility index (Phi) is 7.87. The summed E-state index contributed by atoms with van der Waals surface area (Å²) < 4.78 is 19.7. The Morgan fingerprint density at radius 3 is 2.31 bits per heavy atom. The van der Waals surface area contributed by atoms with Gasteiger partial charge >= 0.3 is 0 Å². The van der Waals surface area contributed by atoms with Gasteiger partial charge in [-0.05, 0) is 42.9 Å². The summed E-state index contributed by atoms with van der Waals surface area (Å²) in [5, 5.41) is 7.04. The Morgan fingerprint density at radius 2 is 1.69 bits per heavy atom. The van der Waals surface area contributed by atoms with E-state index in [-0.39, 0.29) is 31.2 Å². The molecule has 1 fully saturated rings. The van der Waals surface area contributed by atoms with Gasteiger partial charge in [-0.25, -0.2) is 4.39 Å². The smallest absolute Gasteiger partial charge is 0.243 e. The third-order valence-electron chi connectivity index (χ3n) is 7.00. The summed E-state index contributed by atoms with van der Waals surface area (Å²) in [6.45, 7) is 7.84. The second-order valence-electron chi connectivity index (χ2n) is 9.87. The minimum atomic E-state index is -1.23. The molecule has 1 aromatic heterocycles. The van der Waals surface area contributed by atoms with Gasteiger partial charge in [-0.1, -0.05) is 73.6 Å². The first-order valence-electron chi connectivity index (χ1n) is 12.5. The number of rotatable bonds is 8. The summed E-state index contributed by atoms with van der Waals surface area (Å²) >= 11 is 0. The zero-order valence-corrected chi connectivity index (χ0v) is 21.3. The summed E-state index contributed by atoms with van der Waals surface area (Å²) in [4.78, 5) is 28.0. The van der Waals surface area contributed by atoms with Gasteiger partial charge in [0.2, 0.25) is 11.8 Å². The van der Waals surface area contributed by atoms with Crippen LogP contribution in [0.5, 0.6) is 0 Å². The number of hydrogen-bond acceptors (Lipinski definition) is 4. The van der Waals surface area contributed by atoms with E-state index in [1.165, 1.54) is 10.5 Å². The number of amides is 2. The van der Waals surface area contributed by atoms with Gasteiger partial charge in [0.1, 0.15) is 18.0 Å². The standard InChI is InChI=1S/C29H34FN3O3/c1-18(2)21-10-12-23(13-11-21)28(22-8-6-5-7-9-22)31-29(35)26-16-24(30)17-33(26)27(34)15-14-25-19(3)32-36-20(25)4/h5-13,18,24,26,28H,14-17H2,1-4H3,(H,31,35). The number of nitrogens with zero attached hydrogens (tertiary/aromatic N) is 2. The predicted molar refractivity (Wildman–Crippen MR) is 136 cm³/mol. The number of hydrogen-bond donors (Lipinski definition) is 1. The first kappa shape index (κ1) is 25.6. The van der Waals surface area contributed by atoms with Crippen LogP contribution in [0.1, 0.15) is 72.4 Å². The molecule has 3 unspecified atom stereocenters. The van der Waals surface area contributed by atoms with Gasteiger partial charge in [0.25, 0.3) is 0 Å². The molecular weight excluding hydrogens is 457 g/mol. The number of aryl methyl sites for hydroxylation is 2. The van der Waals surface area contributed by atoms with Crippen molar-refractivity contribution < 1.29 is 18.5 Å². The SMILES string of the molecule is Cc1noc(C)c1CCC(=O)N1CC(F)CC1C(=O)NC(c1ccccc1)c1ccc(C(C)C)cc1. The molecule has 0 bridgehead atoms. The Hall–Kier alpha value is -3.48. The quantitative estimate of drug-likeness (QED) is 0.470. The summed E-state index contributed by atoms with van der Waals surface area (Å²) in [7, 11) is 0. The van der Waals surface area contributed by atoms with Crippen molar-refractivity contribution in [2.75, 3.05) is 6.54 Å². The molecule has 0 saturated carbocycles. The number of alkyl halides is 1. The largest absolute Gasteiger partial charge is 0.361 e. The highest BCUT2D eigenvalue weighted by Crippen LogP contribution is 2.27. The van der Waals surface area contributed by atoms with Crippen LogP contribution >= 0.6 is 0 Å². The van der Waals surface area contributed by atoms with Crippen LogP contribution < -0.4 is 5.32 Å². The highest BCUT2D eigenvalue weighted by Gasteiger charge is 2.40. The normalized spacial score (nSPS) is 18.4. The van der Waals surface area contributed by atoms with Crippen LogP contribution in [-0.4, -0.2) is 40.6 Å². The number of halogens is 1. The van der Waals surface area contributed by atoms with Crippen LogP contribution in [0, 0.1) is 13.8 Å². The third kappa shape index (κ3) is 5.66. The maximum absolute atomic E-state index is 14.5. The minimum Gasteiger partial charge on any atom is -0.361 e. The molecule has 2 amide bonds. The molecule has 1 saturated heterocycles. The number of carbonyl (C=O) groups is 2. The van der Waals surface area contributed by atoms with Crippen LogP contribution in [0.15, 0.2) is 59.1 Å². The van der Waals surface area contributed by atoms with Gasteiger partial charge in [0.15, 0.2) is 0 Å². The molecule has 7 heteroatoms. The molecule has 4 rings (SSSR count). The van der Waals surface area contributed by atoms with Gasteiger partial charge < -0.3 is 14.7 Å². The van der Waals surface area contributed by atoms with Crippen LogP contribution in [0.25, 0.3) is 0 Å². The average molecular weight is 492 g/mol. The van der Waals surface area contributed by atoms with Crippen molar-refractivity contribution in [3.8, 4) is 0 Å². The number of carbonyl (C=O) groups excluding carboxylic acids is 2. The molecule has 0 aliphatic carbocycles. The van der Waals surface area contributed by atoms with Crippen molar-refractivity contribution in [3.05, 3.63) is 88.3 Å². The van der Waals surface area contributed by atoms with E-state index < -0.39 is 18.3 Å². The lowest BCUT2D eigenvalue weighted by Gasteiger charge is -2.27. The molecule has 190 valence electrons. The third-order valence-corrected chi connectivity index (χ3v) is 7.00. The molecule has 1 N–H and O–H groups in total. The Bertz CT molecular complexity index is 1170. The Labute approximate surface area is 211 Å². The fraction of sp³-hybridized carbons (Fsp3) is 0.414. The zero-order chi connectivity index (χ0) is 25.8. The van der Waals surface area contributed by atoms with Crippen molar-refractivity contribution in [2.45, 2.75) is 71.1 Å². The fourth-order valence-electron chi connectivity index (χ4n) is 4.86. The first-order valence-corrected chi connectivity index (χ1v) is 12.5. The maximum atomic E-state index is 14.5. The van der Waals surface area contributed by atoms with Crippen molar-refractivity contribution in [1.29, 1.82) is 0 Å². The lowest BCUT2D eigenvalue weighted by molar-refractivity contribution is -0.138. The Morgan fingerprint density at radius 1 is 1.06 bits per heavy atom. The highest BCUT2D eigenvalue weighted by atomic mass is 19.1. The number of nitrogens with one attached hydrogen (secondary N) is 1. The van der Waals surface area contributed by atoms with E-state index >= 15 is 0 Å². The van der Waals surface area contributed by atoms with Crippen LogP contribution in [0.4, 0.5) is 4.39 Å². The Balaban J connectivity index is 1.51. The minimum absolute atomic E-state index is 0.00328. The van der Waals surface area contributed by atoms with E-state index in [2.05, 4.69) is 36.5 Å². The molecule has 36 heavy (non-hydrogen) atoms. The molecule has 3 aromatic rings. The summed E-state index contributed by atoms with van der Waals surface area (Å²) in [6, 6.07) is 16.6. The molecule has 0 spiro atoms. The average Bonchev–Trinajstić information content (AvgIpc) is 3.43. The predicted octanol–water partition coefficient (Wildman–Crippen LogP) is 5.19. The number of likely N-dealkylation sites (tertiary alicyclic amines) is 1. The van der Waals surface area contributed by atoms with E-state index in [9.17, 15) is 14.0 Å². The van der Waals surface area contributed by atoms with Crippen molar-refractivity contribution in [3.63, 3.8) is 0 Å². The van der Waals surface area contributed by atoms with E-state index in [0.717, 1.165) is 22.4 Å². The summed E-state index contributed by atoms with van der Waals surface area (Å²) in [5.41, 5.74) is 4.70. The topological polar surface area (TPSA) is 75.4 Å². The second kappa shape index (κ2) is 11.1. The summed E-state index contributed by atoms with van der Waals surface area (Å²) in [5.74, 6) is 0.484. The molecule has 1 aliphatic rings. The van der Waals surface area contributed by atoms with E-state index in [0.29, 0.717) is 18.1 Å². The molecule has 3 atom stereocenters. The molecular formula is C29H34FN3O3. The fourth-order valence-corrected chi connectivity index (χ4v) is 4.86. The molecule has 0 radical (unpaired) electrons. The van der Waals surface area contributed by atoms with Gasteiger partial charge in [-0.3, -0.25) is 9.59 Å². The number of aromatic nitrogens is 1. The first-order chi connectivity index (χ1) is 17.2. The molecule has 2 aromatic carbocycles. The lowest BCUT2D eigenvalue weighted by Crippen LogP contribution is -2.47. The summed E-state index contributed by atoms with van der Waals surface area (Å²) in [6.07, 6.45) is -0.629. The van der Waals surface area contributed by atoms with Crippen molar-refractivity contribution >= 4 is 11.8 Å². The zero-order valence-electron chi connectivity index (χ0n) is 21.3. The second-order valence-corrected chi connectivity index (χ2v) is 9.87. The molecule has 2 heterocycles. The lowest BCUT2D eigenvalue weighted by atomic mass is 9.95. The van der Waals surface area contributed by atoms with E-state index in [1.54, 1.807) is 6.92 Å². The van der Waals surface area contributed by atoms with Gasteiger partial charge in [0, 0.05) is 18.4 Å². The molecule has 6 nitrogen and oxygen atoms in total. The van der Waals surface area contributed by atoms with E-state index in [1.807, 2.05) is 49.4 Å². The van der Waals surface area contributed by atoms with Gasteiger partial charge in [0.05, 0.1) is 18.3 Å². The van der Waals surface area contributed by atoms with Crippen LogP contribution in [0.2, 0.25) is 0 Å². The number of benzene rings is 2. The van der Waals surface area contributed by atoms with Gasteiger partial charge in [-0.2, -0.15) is 0 Å². The van der Waals surface area contributed by atoms with Crippen LogP contribution in [0.3, 0.4) is 0 Å². The van der Waals surface area contributed by atoms with E-state index in [4.69, 9.17) is 4.52 Å².